The van der Waals surface area contributed by atoms with E-state index in [4.69, 9.17) is 14.1 Å². The van der Waals surface area contributed by atoms with Crippen molar-refractivity contribution in [2.45, 2.75) is 59.3 Å². The van der Waals surface area contributed by atoms with E-state index >= 15 is 0 Å². The molecule has 0 aliphatic carbocycles. The Bertz CT molecular complexity index is 1710. The van der Waals surface area contributed by atoms with Crippen LogP contribution < -0.4 is 4.74 Å². The first-order valence-corrected chi connectivity index (χ1v) is 13.6. The number of ether oxygens (including phenoxy) is 1. The second-order valence-corrected chi connectivity index (χ2v) is 10.2. The van der Waals surface area contributed by atoms with Gasteiger partial charge in [0.25, 0.3) is 0 Å². The Morgan fingerprint density at radius 3 is 2.41 bits per heavy atom. The molecule has 2 aromatic heterocycles. The van der Waals surface area contributed by atoms with Crippen LogP contribution in [0.3, 0.4) is 0 Å². The molecule has 0 amide bonds. The largest absolute Gasteiger partial charge is 0.494 e. The molecular weight excluding hydrogens is 456 g/mol. The number of aromatic nitrogens is 2. The number of furan rings is 1. The molecule has 0 spiro atoms. The number of fused-ring (bicyclic) bond motifs is 8. The van der Waals surface area contributed by atoms with E-state index in [-0.39, 0.29) is 0 Å². The van der Waals surface area contributed by atoms with Gasteiger partial charge >= 0.3 is 0 Å². The fraction of sp³-hybridized carbons (Fsp3) is 0.303. The minimum Gasteiger partial charge on any atom is -0.494 e. The van der Waals surface area contributed by atoms with Gasteiger partial charge in [0.05, 0.1) is 23.9 Å². The number of nitrogens with one attached hydrogen (secondary N) is 1. The van der Waals surface area contributed by atoms with Gasteiger partial charge in [-0.3, -0.25) is 0 Å². The number of nitrogens with zero attached hydrogens (tertiary/aromatic N) is 1. The van der Waals surface area contributed by atoms with Crippen LogP contribution in [0.2, 0.25) is 0 Å². The molecular formula is C33H34N2O2. The maximum Gasteiger partial charge on any atom is 0.144 e. The minimum atomic E-state index is 0.770. The van der Waals surface area contributed by atoms with Crippen LogP contribution in [0.4, 0.5) is 0 Å². The Kier molecular flexibility index (Phi) is 6.33. The van der Waals surface area contributed by atoms with Crippen molar-refractivity contribution in [2.75, 3.05) is 6.61 Å². The van der Waals surface area contributed by atoms with Gasteiger partial charge in [-0.15, -0.1) is 0 Å². The highest BCUT2D eigenvalue weighted by atomic mass is 16.5. The standard InChI is InChI=1S/C33H34N2O2/c1-4-5-6-7-8-9-19-36-24-15-13-23(14-16-24)33-34-30-28-22(3)20-37-32(28)27-18-17-25-21(2)11-10-12-26(25)29(27)31(30)35-33/h10-18,20H,4-9,19H2,1-3H3,(H,34,35). The van der Waals surface area contributed by atoms with E-state index in [0.717, 1.165) is 68.5 Å². The highest BCUT2D eigenvalue weighted by Crippen LogP contribution is 2.41. The molecule has 0 aliphatic heterocycles. The highest BCUT2D eigenvalue weighted by Gasteiger charge is 2.19. The lowest BCUT2D eigenvalue weighted by atomic mass is 9.96. The van der Waals surface area contributed by atoms with Crippen molar-refractivity contribution in [1.29, 1.82) is 0 Å². The normalized spacial score (nSPS) is 11.9. The van der Waals surface area contributed by atoms with Crippen LogP contribution in [0.15, 0.2) is 65.3 Å². The molecule has 4 nitrogen and oxygen atoms in total. The molecule has 4 aromatic carbocycles. The van der Waals surface area contributed by atoms with Gasteiger partial charge in [0.2, 0.25) is 0 Å². The van der Waals surface area contributed by atoms with E-state index in [0.29, 0.717) is 0 Å². The molecule has 0 saturated carbocycles. The van der Waals surface area contributed by atoms with Gasteiger partial charge in [0.15, 0.2) is 0 Å². The van der Waals surface area contributed by atoms with Gasteiger partial charge in [-0.25, -0.2) is 4.98 Å². The van der Waals surface area contributed by atoms with Crippen molar-refractivity contribution < 1.29 is 9.15 Å². The summed E-state index contributed by atoms with van der Waals surface area (Å²) in [6.45, 7) is 7.28. The predicted octanol–water partition coefficient (Wildman–Crippen LogP) is 9.64. The van der Waals surface area contributed by atoms with Crippen LogP contribution in [-0.2, 0) is 0 Å². The Hall–Kier alpha value is -3.79. The van der Waals surface area contributed by atoms with Crippen molar-refractivity contribution >= 4 is 43.5 Å². The first-order chi connectivity index (χ1) is 18.2. The number of benzene rings is 4. The number of aryl methyl sites for hydroxylation is 2. The number of aromatic amines is 1. The molecule has 6 rings (SSSR count). The second kappa shape index (κ2) is 9.93. The van der Waals surface area contributed by atoms with Crippen molar-refractivity contribution in [3.8, 4) is 17.1 Å². The first-order valence-electron chi connectivity index (χ1n) is 13.6. The van der Waals surface area contributed by atoms with E-state index in [9.17, 15) is 0 Å². The quantitative estimate of drug-likeness (QED) is 0.162. The van der Waals surface area contributed by atoms with Crippen LogP contribution in [0, 0.1) is 13.8 Å². The van der Waals surface area contributed by atoms with Gasteiger partial charge in [-0.05, 0) is 72.5 Å². The molecule has 0 bridgehead atoms. The molecule has 4 heteroatoms. The zero-order valence-corrected chi connectivity index (χ0v) is 22.0. The third-order valence-corrected chi connectivity index (χ3v) is 7.58. The van der Waals surface area contributed by atoms with Gasteiger partial charge < -0.3 is 14.1 Å². The predicted molar refractivity (Wildman–Crippen MR) is 155 cm³/mol. The van der Waals surface area contributed by atoms with E-state index in [1.807, 2.05) is 6.26 Å². The minimum absolute atomic E-state index is 0.770. The van der Waals surface area contributed by atoms with Gasteiger partial charge in [0, 0.05) is 21.7 Å². The molecule has 0 saturated heterocycles. The van der Waals surface area contributed by atoms with Crippen LogP contribution in [0.1, 0.15) is 56.6 Å². The number of hydrogen-bond donors (Lipinski definition) is 1. The number of H-pyrrole nitrogens is 1. The summed E-state index contributed by atoms with van der Waals surface area (Å²) in [6, 6.07) is 19.1. The van der Waals surface area contributed by atoms with Crippen molar-refractivity contribution in [1.82, 2.24) is 9.97 Å². The zero-order chi connectivity index (χ0) is 25.4. The summed E-state index contributed by atoms with van der Waals surface area (Å²) in [7, 11) is 0. The fourth-order valence-electron chi connectivity index (χ4n) is 5.57. The molecule has 2 heterocycles. The van der Waals surface area contributed by atoms with E-state index in [1.54, 1.807) is 0 Å². The maximum atomic E-state index is 6.09. The molecule has 0 fully saturated rings. The number of unbranched alkanes of at least 4 members (excludes halogenated alkanes) is 5. The molecule has 1 N–H and O–H groups in total. The summed E-state index contributed by atoms with van der Waals surface area (Å²) in [5.74, 6) is 1.77. The molecule has 0 unspecified atom stereocenters. The molecule has 0 aliphatic rings. The van der Waals surface area contributed by atoms with E-state index in [2.05, 4.69) is 80.4 Å². The summed E-state index contributed by atoms with van der Waals surface area (Å²) in [6.07, 6.45) is 9.44. The monoisotopic (exact) mass is 490 g/mol. The van der Waals surface area contributed by atoms with Crippen LogP contribution in [0.5, 0.6) is 5.75 Å². The van der Waals surface area contributed by atoms with Gasteiger partial charge in [0.1, 0.15) is 17.2 Å². The average molecular weight is 491 g/mol. The number of hydrogen-bond acceptors (Lipinski definition) is 3. The van der Waals surface area contributed by atoms with Crippen LogP contribution in [-0.4, -0.2) is 16.6 Å². The smallest absolute Gasteiger partial charge is 0.144 e. The van der Waals surface area contributed by atoms with E-state index < -0.39 is 0 Å². The number of rotatable bonds is 9. The summed E-state index contributed by atoms with van der Waals surface area (Å²) in [5, 5.41) is 5.79. The first kappa shape index (κ1) is 23.6. The third-order valence-electron chi connectivity index (χ3n) is 7.58. The molecule has 0 radical (unpaired) electrons. The van der Waals surface area contributed by atoms with Crippen molar-refractivity contribution in [3.05, 3.63) is 72.0 Å². The zero-order valence-electron chi connectivity index (χ0n) is 22.0. The van der Waals surface area contributed by atoms with E-state index in [1.165, 1.54) is 48.4 Å². The van der Waals surface area contributed by atoms with Gasteiger partial charge in [-0.2, -0.15) is 0 Å². The second-order valence-electron chi connectivity index (χ2n) is 10.2. The third kappa shape index (κ3) is 4.25. The van der Waals surface area contributed by atoms with Crippen LogP contribution >= 0.6 is 0 Å². The Morgan fingerprint density at radius 2 is 1.57 bits per heavy atom. The van der Waals surface area contributed by atoms with Crippen molar-refractivity contribution in [3.63, 3.8) is 0 Å². The molecule has 0 atom stereocenters. The van der Waals surface area contributed by atoms with Gasteiger partial charge in [-0.1, -0.05) is 63.3 Å². The summed E-state index contributed by atoms with van der Waals surface area (Å²) >= 11 is 0. The Morgan fingerprint density at radius 1 is 0.784 bits per heavy atom. The highest BCUT2D eigenvalue weighted by molar-refractivity contribution is 6.29. The Balaban J connectivity index is 1.36. The topological polar surface area (TPSA) is 51.0 Å². The SMILES string of the molecule is CCCCCCCCOc1ccc(-c2nc3c([nH]2)c2c(C)coc2c2ccc4c(C)cccc4c23)cc1. The molecule has 188 valence electrons. The maximum absolute atomic E-state index is 6.09. The lowest BCUT2D eigenvalue weighted by Gasteiger charge is -2.08. The lowest BCUT2D eigenvalue weighted by molar-refractivity contribution is 0.304. The average Bonchev–Trinajstić information content (AvgIpc) is 3.52. The molecule has 37 heavy (non-hydrogen) atoms. The summed E-state index contributed by atoms with van der Waals surface area (Å²) in [4.78, 5) is 8.80. The number of imidazole rings is 1. The summed E-state index contributed by atoms with van der Waals surface area (Å²) in [5.41, 5.74) is 6.34. The van der Waals surface area contributed by atoms with Crippen molar-refractivity contribution in [2.24, 2.45) is 0 Å². The Labute approximate surface area is 217 Å². The fourth-order valence-corrected chi connectivity index (χ4v) is 5.57. The molecule has 6 aromatic rings. The summed E-state index contributed by atoms with van der Waals surface area (Å²) < 4.78 is 12.1. The lowest BCUT2D eigenvalue weighted by Crippen LogP contribution is -1.97. The van der Waals surface area contributed by atoms with Crippen LogP contribution in [0.25, 0.3) is 54.9 Å².